The summed E-state index contributed by atoms with van der Waals surface area (Å²) < 4.78 is 0. The number of pyridine rings is 1. The Morgan fingerprint density at radius 3 is 2.70 bits per heavy atom. The maximum Gasteiger partial charge on any atom is 0.189 e. The van der Waals surface area contributed by atoms with Crippen LogP contribution in [0.4, 0.5) is 5.82 Å². The van der Waals surface area contributed by atoms with Gasteiger partial charge in [-0.25, -0.2) is 9.98 Å². The van der Waals surface area contributed by atoms with Gasteiger partial charge in [-0.15, -0.1) is 24.0 Å². The zero-order valence-corrected chi connectivity index (χ0v) is 16.2. The number of rotatable bonds is 5. The monoisotopic (exact) mass is 425 g/mol. The topological polar surface area (TPSA) is 66.5 Å². The van der Waals surface area contributed by atoms with Crippen LogP contribution in [0.15, 0.2) is 47.5 Å². The lowest BCUT2D eigenvalue weighted by molar-refractivity contribution is 0.941. The third-order valence-electron chi connectivity index (χ3n) is 3.24. The molecule has 0 aliphatic rings. The highest BCUT2D eigenvalue weighted by atomic mass is 127. The largest absolute Gasteiger partial charge is 0.370 e. The summed E-state index contributed by atoms with van der Waals surface area (Å²) in [4.78, 5) is 11.0. The van der Waals surface area contributed by atoms with Gasteiger partial charge in [0.1, 0.15) is 5.82 Å². The molecule has 3 N–H and O–H groups in total. The molecule has 0 spiro atoms. The molecule has 1 aromatic heterocycles. The van der Waals surface area contributed by atoms with E-state index in [-0.39, 0.29) is 24.0 Å². The number of fused-ring (bicyclic) bond motifs is 1. The molecule has 0 aliphatic heterocycles. The van der Waals surface area contributed by atoms with Gasteiger partial charge in [-0.05, 0) is 24.6 Å². The van der Waals surface area contributed by atoms with Gasteiger partial charge in [0.15, 0.2) is 5.96 Å². The lowest BCUT2D eigenvalue weighted by Gasteiger charge is -2.14. The minimum absolute atomic E-state index is 0. The van der Waals surface area contributed by atoms with E-state index in [1.165, 1.54) is 0 Å². The molecule has 124 valence electrons. The lowest BCUT2D eigenvalue weighted by atomic mass is 10.1. The second-order valence-corrected chi connectivity index (χ2v) is 5.56. The molecule has 1 heterocycles. The third-order valence-corrected chi connectivity index (χ3v) is 3.24. The number of halogens is 1. The van der Waals surface area contributed by atoms with E-state index in [0.717, 1.165) is 27.9 Å². The molecule has 0 amide bonds. The number of para-hydroxylation sites is 1. The van der Waals surface area contributed by atoms with Crippen molar-refractivity contribution in [3.05, 3.63) is 48.0 Å². The van der Waals surface area contributed by atoms with Crippen molar-refractivity contribution in [3.8, 4) is 0 Å². The fourth-order valence-corrected chi connectivity index (χ4v) is 2.06. The van der Waals surface area contributed by atoms with Crippen LogP contribution in [0.1, 0.15) is 12.5 Å². The van der Waals surface area contributed by atoms with Gasteiger partial charge in [0.25, 0.3) is 0 Å². The molecule has 5 nitrogen and oxygen atoms in total. The van der Waals surface area contributed by atoms with Crippen molar-refractivity contribution in [2.75, 3.05) is 25.5 Å². The van der Waals surface area contributed by atoms with E-state index in [0.29, 0.717) is 19.0 Å². The van der Waals surface area contributed by atoms with E-state index >= 15 is 0 Å². The van der Waals surface area contributed by atoms with Gasteiger partial charge in [-0.2, -0.15) is 0 Å². The Labute approximate surface area is 154 Å². The van der Waals surface area contributed by atoms with Crippen LogP contribution in [0.25, 0.3) is 10.9 Å². The van der Waals surface area contributed by atoms with Crippen LogP contribution in [0, 0.1) is 0 Å². The number of nitrogens with one attached hydrogen (secondary N) is 1. The van der Waals surface area contributed by atoms with Crippen molar-refractivity contribution in [1.29, 1.82) is 0 Å². The van der Waals surface area contributed by atoms with Crippen molar-refractivity contribution in [3.63, 3.8) is 0 Å². The van der Waals surface area contributed by atoms with Gasteiger partial charge in [0.05, 0.1) is 12.1 Å². The molecule has 0 bridgehead atoms. The predicted molar refractivity (Wildman–Crippen MR) is 110 cm³/mol. The van der Waals surface area contributed by atoms with E-state index in [9.17, 15) is 0 Å². The van der Waals surface area contributed by atoms with Gasteiger partial charge >= 0.3 is 0 Å². The molecule has 2 rings (SSSR count). The number of anilines is 1. The highest BCUT2D eigenvalue weighted by Crippen LogP contribution is 2.22. The second kappa shape index (κ2) is 8.71. The average Bonchev–Trinajstić information content (AvgIpc) is 2.50. The van der Waals surface area contributed by atoms with Crippen molar-refractivity contribution < 1.29 is 0 Å². The first-order valence-corrected chi connectivity index (χ1v) is 7.21. The summed E-state index contributed by atoms with van der Waals surface area (Å²) in [7, 11) is 3.96. The van der Waals surface area contributed by atoms with Gasteiger partial charge in [0, 0.05) is 26.0 Å². The summed E-state index contributed by atoms with van der Waals surface area (Å²) in [6, 6.07) is 10.1. The number of benzene rings is 1. The summed E-state index contributed by atoms with van der Waals surface area (Å²) in [5.74, 6) is 1.34. The molecule has 23 heavy (non-hydrogen) atoms. The van der Waals surface area contributed by atoms with Crippen LogP contribution in [-0.2, 0) is 6.54 Å². The number of aliphatic imine (C=N–C) groups is 1. The highest BCUT2D eigenvalue weighted by Gasteiger charge is 2.06. The lowest BCUT2D eigenvalue weighted by Crippen LogP contribution is -2.32. The van der Waals surface area contributed by atoms with E-state index in [1.807, 2.05) is 44.1 Å². The fraction of sp³-hybridized carbons (Fsp3) is 0.294. The van der Waals surface area contributed by atoms with Crippen molar-refractivity contribution >= 4 is 46.7 Å². The van der Waals surface area contributed by atoms with E-state index in [4.69, 9.17) is 5.73 Å². The molecule has 1 aromatic carbocycles. The molecule has 0 saturated carbocycles. The molecule has 0 saturated heterocycles. The smallest absolute Gasteiger partial charge is 0.189 e. The first kappa shape index (κ1) is 19.2. The average molecular weight is 425 g/mol. The predicted octanol–water partition coefficient (Wildman–Crippen LogP) is 2.90. The molecule has 2 aromatic rings. The maximum absolute atomic E-state index is 5.88. The quantitative estimate of drug-likeness (QED) is 0.335. The molecule has 6 heteroatoms. The first-order valence-electron chi connectivity index (χ1n) is 7.21. The first-order chi connectivity index (χ1) is 10.5. The van der Waals surface area contributed by atoms with Gasteiger partial charge in [-0.3, -0.25) is 0 Å². The number of nitrogens with two attached hydrogens (primary N) is 1. The molecule has 0 fully saturated rings. The van der Waals surface area contributed by atoms with Crippen molar-refractivity contribution in [1.82, 2.24) is 10.3 Å². The summed E-state index contributed by atoms with van der Waals surface area (Å²) >= 11 is 0. The number of nitrogens with zero attached hydrogens (tertiary/aromatic N) is 3. The molecular weight excluding hydrogens is 401 g/mol. The summed E-state index contributed by atoms with van der Waals surface area (Å²) in [5.41, 5.74) is 8.97. The van der Waals surface area contributed by atoms with Gasteiger partial charge in [-0.1, -0.05) is 30.4 Å². The fourth-order valence-electron chi connectivity index (χ4n) is 2.06. The molecule has 0 aliphatic carbocycles. The Hall–Kier alpha value is -1.83. The van der Waals surface area contributed by atoms with Gasteiger partial charge in [0.2, 0.25) is 0 Å². The van der Waals surface area contributed by atoms with E-state index < -0.39 is 0 Å². The van der Waals surface area contributed by atoms with Crippen LogP contribution in [0.2, 0.25) is 0 Å². The SMILES string of the molecule is C=C(C)CNC(N)=NCc1cc(N(C)C)nc2ccccc12.I. The Morgan fingerprint density at radius 1 is 1.35 bits per heavy atom. The molecular formula is C17H24IN5. The summed E-state index contributed by atoms with van der Waals surface area (Å²) in [5, 5.41) is 4.14. The molecule has 0 atom stereocenters. The minimum Gasteiger partial charge on any atom is -0.370 e. The Balaban J connectivity index is 0.00000264. The van der Waals surface area contributed by atoms with Gasteiger partial charge < -0.3 is 16.0 Å². The molecule has 0 radical (unpaired) electrons. The zero-order valence-electron chi connectivity index (χ0n) is 13.8. The Bertz CT molecular complexity index is 709. The third kappa shape index (κ3) is 5.38. The summed E-state index contributed by atoms with van der Waals surface area (Å²) in [6.07, 6.45) is 0. The van der Waals surface area contributed by atoms with Crippen LogP contribution in [-0.4, -0.2) is 31.6 Å². The van der Waals surface area contributed by atoms with Crippen LogP contribution in [0.5, 0.6) is 0 Å². The van der Waals surface area contributed by atoms with Crippen LogP contribution < -0.4 is 16.0 Å². The van der Waals surface area contributed by atoms with Crippen LogP contribution in [0.3, 0.4) is 0 Å². The number of hydrogen-bond acceptors (Lipinski definition) is 3. The van der Waals surface area contributed by atoms with Crippen molar-refractivity contribution in [2.45, 2.75) is 13.5 Å². The maximum atomic E-state index is 5.88. The zero-order chi connectivity index (χ0) is 16.1. The standard InChI is InChI=1S/C17H23N5.HI/c1-12(2)10-19-17(18)20-11-13-9-16(22(3)4)21-15-8-6-5-7-14(13)15;/h5-9H,1,10-11H2,2-4H3,(H3,18,19,20);1H. The van der Waals surface area contributed by atoms with E-state index in [2.05, 4.69) is 34.0 Å². The highest BCUT2D eigenvalue weighted by molar-refractivity contribution is 14.0. The van der Waals surface area contributed by atoms with Crippen molar-refractivity contribution in [2.24, 2.45) is 10.7 Å². The minimum atomic E-state index is 0. The summed E-state index contributed by atoms with van der Waals surface area (Å²) in [6.45, 7) is 6.92. The number of hydrogen-bond donors (Lipinski definition) is 2. The normalized spacial score (nSPS) is 11.0. The Morgan fingerprint density at radius 2 is 2.04 bits per heavy atom. The second-order valence-electron chi connectivity index (χ2n) is 5.56. The Kier molecular flexibility index (Phi) is 7.28. The van der Waals surface area contributed by atoms with E-state index in [1.54, 1.807) is 0 Å². The number of guanidine groups is 1. The molecule has 0 unspecified atom stereocenters. The number of aromatic nitrogens is 1. The van der Waals surface area contributed by atoms with Crippen LogP contribution >= 0.6 is 24.0 Å².